The molecule has 1 aromatic heterocycles. The number of para-hydroxylation sites is 1. The number of rotatable bonds is 4. The van der Waals surface area contributed by atoms with Gasteiger partial charge in [0, 0.05) is 36.5 Å². The number of likely N-dealkylation sites (tertiary alicyclic amines) is 1. The fraction of sp³-hybridized carbons (Fsp3) is 0.261. The zero-order chi connectivity index (χ0) is 19.3. The lowest BCUT2D eigenvalue weighted by Crippen LogP contribution is -2.39. The Morgan fingerprint density at radius 2 is 1.86 bits per heavy atom. The molecule has 28 heavy (non-hydrogen) atoms. The number of nitrogens with zero attached hydrogens (tertiary/aromatic N) is 3. The molecule has 2 heterocycles. The van der Waals surface area contributed by atoms with E-state index in [1.54, 1.807) is 6.20 Å². The molecular weight excluding hydrogens is 348 g/mol. The number of carbonyl (C=O) groups is 1. The first-order valence-corrected chi connectivity index (χ1v) is 9.70. The molecule has 142 valence electrons. The monoisotopic (exact) mass is 372 g/mol. The van der Waals surface area contributed by atoms with Gasteiger partial charge >= 0.3 is 0 Å². The van der Waals surface area contributed by atoms with Crippen LogP contribution in [0, 0.1) is 6.92 Å². The van der Waals surface area contributed by atoms with Crippen LogP contribution in [0.3, 0.4) is 0 Å². The molecule has 5 nitrogen and oxygen atoms in total. The molecule has 1 unspecified atom stereocenters. The number of carbonyl (C=O) groups excluding carboxylic acids is 1. The zero-order valence-corrected chi connectivity index (χ0v) is 16.0. The van der Waals surface area contributed by atoms with Gasteiger partial charge in [0.25, 0.3) is 5.91 Å². The maximum atomic E-state index is 12.8. The first kappa shape index (κ1) is 18.2. The van der Waals surface area contributed by atoms with E-state index in [2.05, 4.69) is 23.3 Å². The second-order valence-corrected chi connectivity index (χ2v) is 7.20. The molecule has 1 aliphatic rings. The Kier molecular flexibility index (Phi) is 5.33. The molecule has 1 atom stereocenters. The lowest BCUT2D eigenvalue weighted by molar-refractivity contribution is 0.0706. The number of nitrogens with one attached hydrogen (secondary N) is 1. The summed E-state index contributed by atoms with van der Waals surface area (Å²) in [5.74, 6) is 0.915. The van der Waals surface area contributed by atoms with Gasteiger partial charge in [0.15, 0.2) is 0 Å². The highest BCUT2D eigenvalue weighted by Crippen LogP contribution is 2.27. The average Bonchev–Trinajstić information content (AvgIpc) is 2.76. The van der Waals surface area contributed by atoms with Gasteiger partial charge in [-0.05, 0) is 49.6 Å². The van der Waals surface area contributed by atoms with Crippen LogP contribution in [0.5, 0.6) is 0 Å². The van der Waals surface area contributed by atoms with Gasteiger partial charge in [0.1, 0.15) is 0 Å². The quantitative estimate of drug-likeness (QED) is 0.730. The molecule has 0 aliphatic carbocycles. The van der Waals surface area contributed by atoms with Gasteiger partial charge < -0.3 is 10.2 Å². The lowest BCUT2D eigenvalue weighted by Gasteiger charge is -2.32. The topological polar surface area (TPSA) is 58.1 Å². The number of amides is 1. The van der Waals surface area contributed by atoms with E-state index in [0.29, 0.717) is 12.5 Å². The van der Waals surface area contributed by atoms with Crippen LogP contribution in [0.4, 0.5) is 11.6 Å². The third kappa shape index (κ3) is 4.03. The Hall–Kier alpha value is -3.21. The summed E-state index contributed by atoms with van der Waals surface area (Å²) in [6, 6.07) is 19.5. The molecule has 1 N–H and O–H groups in total. The van der Waals surface area contributed by atoms with Crippen LogP contribution < -0.4 is 5.32 Å². The summed E-state index contributed by atoms with van der Waals surface area (Å²) in [5, 5.41) is 3.31. The summed E-state index contributed by atoms with van der Waals surface area (Å²) >= 11 is 0. The van der Waals surface area contributed by atoms with Gasteiger partial charge in [0.05, 0.1) is 5.69 Å². The predicted octanol–water partition coefficient (Wildman–Crippen LogP) is 4.55. The molecule has 5 heteroatoms. The summed E-state index contributed by atoms with van der Waals surface area (Å²) in [6.45, 7) is 3.54. The molecule has 0 saturated carbocycles. The highest BCUT2D eigenvalue weighted by atomic mass is 16.2. The summed E-state index contributed by atoms with van der Waals surface area (Å²) in [7, 11) is 0. The maximum absolute atomic E-state index is 12.8. The Morgan fingerprint density at radius 1 is 1.07 bits per heavy atom. The van der Waals surface area contributed by atoms with Crippen molar-refractivity contribution in [1.29, 1.82) is 0 Å². The molecule has 0 bridgehead atoms. The molecule has 1 aliphatic heterocycles. The minimum Gasteiger partial charge on any atom is -0.338 e. The fourth-order valence-corrected chi connectivity index (χ4v) is 3.66. The molecule has 0 radical (unpaired) electrons. The third-order valence-electron chi connectivity index (χ3n) is 5.22. The largest absolute Gasteiger partial charge is 0.338 e. The van der Waals surface area contributed by atoms with Gasteiger partial charge in [-0.15, -0.1) is 0 Å². The van der Waals surface area contributed by atoms with Crippen LogP contribution in [0.15, 0.2) is 66.9 Å². The summed E-state index contributed by atoms with van der Waals surface area (Å²) < 4.78 is 0. The standard InChI is InChI=1S/C23H24N4O/c1-17-8-5-6-12-20(17)25-23-24-14-13-21(26-23)19-11-7-15-27(16-19)22(28)18-9-3-2-4-10-18/h2-6,8-10,12-14,19H,7,11,15-16H2,1H3,(H,24,25,26). The first-order valence-electron chi connectivity index (χ1n) is 9.70. The maximum Gasteiger partial charge on any atom is 0.253 e. The Bertz CT molecular complexity index is 958. The normalized spacial score (nSPS) is 16.6. The molecule has 1 amide bonds. The summed E-state index contributed by atoms with van der Waals surface area (Å²) in [5.41, 5.74) is 3.88. The predicted molar refractivity (Wildman–Crippen MR) is 111 cm³/mol. The van der Waals surface area contributed by atoms with Crippen molar-refractivity contribution in [3.8, 4) is 0 Å². The van der Waals surface area contributed by atoms with E-state index < -0.39 is 0 Å². The van der Waals surface area contributed by atoms with E-state index in [-0.39, 0.29) is 11.8 Å². The molecule has 1 saturated heterocycles. The molecule has 1 fully saturated rings. The van der Waals surface area contributed by atoms with Gasteiger partial charge in [-0.3, -0.25) is 4.79 Å². The Labute approximate surface area is 165 Å². The average molecular weight is 372 g/mol. The van der Waals surface area contributed by atoms with Crippen LogP contribution in [0.25, 0.3) is 0 Å². The van der Waals surface area contributed by atoms with E-state index in [0.717, 1.165) is 41.9 Å². The number of anilines is 2. The van der Waals surface area contributed by atoms with E-state index in [4.69, 9.17) is 4.98 Å². The van der Waals surface area contributed by atoms with Crippen molar-refractivity contribution in [1.82, 2.24) is 14.9 Å². The van der Waals surface area contributed by atoms with E-state index in [1.807, 2.05) is 59.5 Å². The smallest absolute Gasteiger partial charge is 0.253 e. The summed E-state index contributed by atoms with van der Waals surface area (Å²) in [4.78, 5) is 23.9. The summed E-state index contributed by atoms with van der Waals surface area (Å²) in [6.07, 6.45) is 3.80. The van der Waals surface area contributed by atoms with Crippen molar-refractivity contribution < 1.29 is 4.79 Å². The second-order valence-electron chi connectivity index (χ2n) is 7.20. The van der Waals surface area contributed by atoms with Crippen molar-refractivity contribution in [2.45, 2.75) is 25.7 Å². The number of hydrogen-bond acceptors (Lipinski definition) is 4. The molecule has 0 spiro atoms. The third-order valence-corrected chi connectivity index (χ3v) is 5.22. The minimum atomic E-state index is 0.0950. The number of piperidine rings is 1. The van der Waals surface area contributed by atoms with Crippen molar-refractivity contribution in [3.05, 3.63) is 83.7 Å². The van der Waals surface area contributed by atoms with Crippen LogP contribution >= 0.6 is 0 Å². The molecular formula is C23H24N4O. The van der Waals surface area contributed by atoms with Crippen LogP contribution in [0.1, 0.15) is 40.4 Å². The SMILES string of the molecule is Cc1ccccc1Nc1nccc(C2CCCN(C(=O)c3ccccc3)C2)n1. The van der Waals surface area contributed by atoms with E-state index >= 15 is 0 Å². The van der Waals surface area contributed by atoms with Gasteiger partial charge in [0.2, 0.25) is 5.95 Å². The zero-order valence-electron chi connectivity index (χ0n) is 16.0. The number of hydrogen-bond donors (Lipinski definition) is 1. The van der Waals surface area contributed by atoms with Crippen LogP contribution in [-0.4, -0.2) is 33.9 Å². The molecule has 3 aromatic rings. The van der Waals surface area contributed by atoms with E-state index in [9.17, 15) is 4.79 Å². The van der Waals surface area contributed by atoms with Crippen molar-refractivity contribution in [2.75, 3.05) is 18.4 Å². The van der Waals surface area contributed by atoms with Gasteiger partial charge in [-0.25, -0.2) is 9.97 Å². The second kappa shape index (κ2) is 8.21. The highest BCUT2D eigenvalue weighted by molar-refractivity contribution is 5.94. The molecule has 4 rings (SSSR count). The van der Waals surface area contributed by atoms with Crippen molar-refractivity contribution in [2.24, 2.45) is 0 Å². The first-order chi connectivity index (χ1) is 13.7. The fourth-order valence-electron chi connectivity index (χ4n) is 3.66. The van der Waals surface area contributed by atoms with Crippen LogP contribution in [-0.2, 0) is 0 Å². The van der Waals surface area contributed by atoms with Crippen molar-refractivity contribution in [3.63, 3.8) is 0 Å². The number of aryl methyl sites for hydroxylation is 1. The number of aromatic nitrogens is 2. The number of benzene rings is 2. The van der Waals surface area contributed by atoms with Gasteiger partial charge in [-0.2, -0.15) is 0 Å². The lowest BCUT2D eigenvalue weighted by atomic mass is 9.94. The van der Waals surface area contributed by atoms with Crippen molar-refractivity contribution >= 4 is 17.5 Å². The van der Waals surface area contributed by atoms with Crippen LogP contribution in [0.2, 0.25) is 0 Å². The van der Waals surface area contributed by atoms with E-state index in [1.165, 1.54) is 0 Å². The Morgan fingerprint density at radius 3 is 2.68 bits per heavy atom. The highest BCUT2D eigenvalue weighted by Gasteiger charge is 2.26. The Balaban J connectivity index is 1.49. The minimum absolute atomic E-state index is 0.0950. The molecule has 2 aromatic carbocycles. The van der Waals surface area contributed by atoms with Gasteiger partial charge in [-0.1, -0.05) is 36.4 Å².